The van der Waals surface area contributed by atoms with Crippen molar-refractivity contribution in [2.45, 2.75) is 51.1 Å². The Morgan fingerprint density at radius 1 is 1.06 bits per heavy atom. The smallest absolute Gasteiger partial charge is 0.118 e. The summed E-state index contributed by atoms with van der Waals surface area (Å²) in [5.41, 5.74) is 1.34. The maximum Gasteiger partial charge on any atom is 0.118 e. The van der Waals surface area contributed by atoms with Gasteiger partial charge in [-0.05, 0) is 30.5 Å². The molecule has 0 aromatic heterocycles. The first-order chi connectivity index (χ1) is 8.38. The van der Waals surface area contributed by atoms with Crippen molar-refractivity contribution < 1.29 is 4.74 Å². The van der Waals surface area contributed by atoms with Crippen LogP contribution in [-0.4, -0.2) is 13.2 Å². The Labute approximate surface area is 117 Å². The fourth-order valence-corrected chi connectivity index (χ4v) is 2.49. The van der Waals surface area contributed by atoms with E-state index < -0.39 is 0 Å². The fraction of sp³-hybridized carbons (Fsp3) is 0.600. The zero-order chi connectivity index (χ0) is 11.9. The summed E-state index contributed by atoms with van der Waals surface area (Å²) in [4.78, 5) is 0. The van der Waals surface area contributed by atoms with E-state index in [1.807, 2.05) is 12.1 Å². The Balaban J connectivity index is 0.00000162. The number of nitrogens with one attached hydrogen (secondary N) is 1. The zero-order valence-corrected chi connectivity index (χ0v) is 12.0. The molecule has 3 heteroatoms. The van der Waals surface area contributed by atoms with Crippen LogP contribution in [0.25, 0.3) is 0 Å². The van der Waals surface area contributed by atoms with Crippen LogP contribution in [-0.2, 0) is 6.54 Å². The molecule has 0 amide bonds. The highest BCUT2D eigenvalue weighted by atomic mass is 35.5. The number of halogens is 1. The summed E-state index contributed by atoms with van der Waals surface area (Å²) in [6, 6.07) is 9.07. The van der Waals surface area contributed by atoms with Gasteiger partial charge in [-0.3, -0.25) is 0 Å². The molecule has 1 fully saturated rings. The first-order valence-corrected chi connectivity index (χ1v) is 6.75. The molecular weight excluding hydrogens is 246 g/mol. The Bertz CT molecular complexity index is 318. The molecule has 1 aliphatic carbocycles. The van der Waals surface area contributed by atoms with Gasteiger partial charge in [-0.25, -0.2) is 0 Å². The molecule has 0 saturated heterocycles. The predicted octanol–water partition coefficient (Wildman–Crippen LogP) is 3.93. The van der Waals surface area contributed by atoms with Crippen molar-refractivity contribution in [3.63, 3.8) is 0 Å². The predicted molar refractivity (Wildman–Crippen MR) is 78.6 cm³/mol. The number of hydrogen-bond donors (Lipinski definition) is 1. The SMILES string of the molecule is COc1ccc(CNC2CCCCCC2)cc1.Cl. The molecule has 1 N–H and O–H groups in total. The van der Waals surface area contributed by atoms with E-state index in [1.165, 1.54) is 44.1 Å². The lowest BCUT2D eigenvalue weighted by Crippen LogP contribution is -2.27. The van der Waals surface area contributed by atoms with Crippen molar-refractivity contribution in [2.24, 2.45) is 0 Å². The zero-order valence-electron chi connectivity index (χ0n) is 11.2. The monoisotopic (exact) mass is 269 g/mol. The summed E-state index contributed by atoms with van der Waals surface area (Å²) in [6.07, 6.45) is 8.30. The molecule has 0 spiro atoms. The third-order valence-electron chi connectivity index (χ3n) is 3.61. The molecule has 2 rings (SSSR count). The molecule has 0 aliphatic heterocycles. The number of methoxy groups -OCH3 is 1. The molecule has 0 bridgehead atoms. The Hall–Kier alpha value is -0.730. The molecule has 1 aliphatic rings. The van der Waals surface area contributed by atoms with Crippen molar-refractivity contribution in [3.05, 3.63) is 29.8 Å². The molecule has 0 unspecified atom stereocenters. The number of ether oxygens (including phenoxy) is 1. The lowest BCUT2D eigenvalue weighted by Gasteiger charge is -2.16. The van der Waals surface area contributed by atoms with Gasteiger partial charge in [0.1, 0.15) is 5.75 Å². The van der Waals surface area contributed by atoms with Gasteiger partial charge in [0.05, 0.1) is 7.11 Å². The second-order valence-corrected chi connectivity index (χ2v) is 4.92. The third-order valence-corrected chi connectivity index (χ3v) is 3.61. The molecule has 0 heterocycles. The topological polar surface area (TPSA) is 21.3 Å². The third kappa shape index (κ3) is 4.87. The van der Waals surface area contributed by atoms with Crippen LogP contribution in [0.3, 0.4) is 0 Å². The van der Waals surface area contributed by atoms with Gasteiger partial charge in [0.25, 0.3) is 0 Å². The largest absolute Gasteiger partial charge is 0.497 e. The van der Waals surface area contributed by atoms with Gasteiger partial charge >= 0.3 is 0 Å². The van der Waals surface area contributed by atoms with E-state index in [0.29, 0.717) is 0 Å². The second kappa shape index (κ2) is 8.39. The number of benzene rings is 1. The lowest BCUT2D eigenvalue weighted by molar-refractivity contribution is 0.414. The van der Waals surface area contributed by atoms with E-state index in [2.05, 4.69) is 17.4 Å². The molecule has 1 aromatic rings. The molecule has 0 radical (unpaired) electrons. The van der Waals surface area contributed by atoms with Crippen LogP contribution in [0.15, 0.2) is 24.3 Å². The minimum absolute atomic E-state index is 0. The quantitative estimate of drug-likeness (QED) is 0.837. The summed E-state index contributed by atoms with van der Waals surface area (Å²) < 4.78 is 5.16. The normalized spacial score (nSPS) is 16.7. The summed E-state index contributed by atoms with van der Waals surface area (Å²) in [5, 5.41) is 3.67. The van der Waals surface area contributed by atoms with Gasteiger partial charge in [0, 0.05) is 12.6 Å². The fourth-order valence-electron chi connectivity index (χ4n) is 2.49. The summed E-state index contributed by atoms with van der Waals surface area (Å²) in [6.45, 7) is 0.981. The Morgan fingerprint density at radius 3 is 2.22 bits per heavy atom. The minimum Gasteiger partial charge on any atom is -0.497 e. The summed E-state index contributed by atoms with van der Waals surface area (Å²) in [5.74, 6) is 0.934. The average molecular weight is 270 g/mol. The summed E-state index contributed by atoms with van der Waals surface area (Å²) >= 11 is 0. The van der Waals surface area contributed by atoms with Gasteiger partial charge < -0.3 is 10.1 Å². The van der Waals surface area contributed by atoms with Crippen molar-refractivity contribution >= 4 is 12.4 Å². The maximum absolute atomic E-state index is 5.16. The van der Waals surface area contributed by atoms with Gasteiger partial charge in [0.2, 0.25) is 0 Å². The Morgan fingerprint density at radius 2 is 1.67 bits per heavy atom. The second-order valence-electron chi connectivity index (χ2n) is 4.92. The lowest BCUT2D eigenvalue weighted by atomic mass is 10.1. The van der Waals surface area contributed by atoms with Crippen molar-refractivity contribution in [1.29, 1.82) is 0 Å². The molecule has 0 atom stereocenters. The number of hydrogen-bond acceptors (Lipinski definition) is 2. The van der Waals surface area contributed by atoms with Crippen LogP contribution in [0.1, 0.15) is 44.1 Å². The van der Waals surface area contributed by atoms with E-state index in [1.54, 1.807) is 7.11 Å². The molecule has 18 heavy (non-hydrogen) atoms. The molecule has 102 valence electrons. The molecule has 1 aromatic carbocycles. The van der Waals surface area contributed by atoms with Crippen molar-refractivity contribution in [1.82, 2.24) is 5.32 Å². The van der Waals surface area contributed by atoms with Crippen molar-refractivity contribution in [3.8, 4) is 5.75 Å². The van der Waals surface area contributed by atoms with Crippen LogP contribution in [0.2, 0.25) is 0 Å². The highest BCUT2D eigenvalue weighted by molar-refractivity contribution is 5.85. The average Bonchev–Trinajstić information content (AvgIpc) is 2.65. The first-order valence-electron chi connectivity index (χ1n) is 6.75. The highest BCUT2D eigenvalue weighted by Gasteiger charge is 2.10. The standard InChI is InChI=1S/C15H23NO.ClH/c1-17-15-10-8-13(9-11-15)12-16-14-6-4-2-3-5-7-14;/h8-11,14,16H,2-7,12H2,1H3;1H. The van der Waals surface area contributed by atoms with Crippen LogP contribution >= 0.6 is 12.4 Å². The van der Waals surface area contributed by atoms with Gasteiger partial charge in [-0.2, -0.15) is 0 Å². The van der Waals surface area contributed by atoms with Crippen molar-refractivity contribution in [2.75, 3.05) is 7.11 Å². The van der Waals surface area contributed by atoms with E-state index in [4.69, 9.17) is 4.74 Å². The van der Waals surface area contributed by atoms with Crippen LogP contribution in [0.5, 0.6) is 5.75 Å². The Kier molecular flexibility index (Phi) is 7.14. The first kappa shape index (κ1) is 15.3. The molecule has 2 nitrogen and oxygen atoms in total. The van der Waals surface area contributed by atoms with Crippen LogP contribution in [0, 0.1) is 0 Å². The highest BCUT2D eigenvalue weighted by Crippen LogP contribution is 2.18. The van der Waals surface area contributed by atoms with Gasteiger partial charge in [-0.15, -0.1) is 12.4 Å². The number of rotatable bonds is 4. The van der Waals surface area contributed by atoms with Crippen LogP contribution in [0.4, 0.5) is 0 Å². The van der Waals surface area contributed by atoms with Gasteiger partial charge in [-0.1, -0.05) is 37.8 Å². The maximum atomic E-state index is 5.16. The van der Waals surface area contributed by atoms with Gasteiger partial charge in [0.15, 0.2) is 0 Å². The van der Waals surface area contributed by atoms with E-state index in [0.717, 1.165) is 18.3 Å². The molecular formula is C15H24ClNO. The van der Waals surface area contributed by atoms with Crippen LogP contribution < -0.4 is 10.1 Å². The molecule has 1 saturated carbocycles. The summed E-state index contributed by atoms with van der Waals surface area (Å²) in [7, 11) is 1.71. The van der Waals surface area contributed by atoms with E-state index >= 15 is 0 Å². The van der Waals surface area contributed by atoms with E-state index in [-0.39, 0.29) is 12.4 Å². The minimum atomic E-state index is 0. The van der Waals surface area contributed by atoms with E-state index in [9.17, 15) is 0 Å².